The van der Waals surface area contributed by atoms with Gasteiger partial charge in [0.1, 0.15) is 0 Å². The molecule has 0 radical (unpaired) electrons. The van der Waals surface area contributed by atoms with Crippen molar-refractivity contribution in [1.82, 2.24) is 5.32 Å². The lowest BCUT2D eigenvalue weighted by Crippen LogP contribution is -2.55. The fourth-order valence-electron chi connectivity index (χ4n) is 1.53. The number of carbonyl (C=O) groups excluding carboxylic acids is 1. The van der Waals surface area contributed by atoms with E-state index in [0.29, 0.717) is 0 Å². The van der Waals surface area contributed by atoms with Crippen LogP contribution >= 0.6 is 11.8 Å². The van der Waals surface area contributed by atoms with E-state index in [4.69, 9.17) is 10.9 Å². The second-order valence-corrected chi connectivity index (χ2v) is 5.77. The van der Waals surface area contributed by atoms with Crippen LogP contribution in [0.1, 0.15) is 33.1 Å². The summed E-state index contributed by atoms with van der Waals surface area (Å²) in [5.74, 6) is 1.02. The third-order valence-electron chi connectivity index (χ3n) is 2.66. The Morgan fingerprint density at radius 1 is 1.56 bits per heavy atom. The van der Waals surface area contributed by atoms with Crippen LogP contribution in [-0.2, 0) is 4.79 Å². The summed E-state index contributed by atoms with van der Waals surface area (Å²) in [6, 6.07) is 0. The molecule has 1 aliphatic rings. The van der Waals surface area contributed by atoms with Crippen LogP contribution in [0.5, 0.6) is 0 Å². The first-order chi connectivity index (χ1) is 7.47. The number of hydrogen-bond acceptors (Lipinski definition) is 4. The molecule has 0 bridgehead atoms. The molecule has 0 spiro atoms. The number of nitrogens with zero attached hydrogens (tertiary/aromatic N) is 1. The van der Waals surface area contributed by atoms with Crippen molar-refractivity contribution in [3.8, 4) is 0 Å². The number of amides is 1. The number of amidine groups is 1. The molecule has 0 aromatic rings. The highest BCUT2D eigenvalue weighted by Crippen LogP contribution is 2.25. The molecule has 4 N–H and O–H groups in total. The second-order valence-electron chi connectivity index (χ2n) is 4.45. The molecule has 1 aliphatic heterocycles. The number of thioether (sulfide) groups is 1. The van der Waals surface area contributed by atoms with Crippen LogP contribution in [0, 0.1) is 0 Å². The smallest absolute Gasteiger partial charge is 0.233 e. The monoisotopic (exact) mass is 245 g/mol. The zero-order chi connectivity index (χ0) is 12.2. The van der Waals surface area contributed by atoms with Crippen molar-refractivity contribution in [3.05, 3.63) is 0 Å². The van der Waals surface area contributed by atoms with Gasteiger partial charge in [0.05, 0.1) is 10.8 Å². The van der Waals surface area contributed by atoms with Gasteiger partial charge in [0.2, 0.25) is 5.91 Å². The van der Waals surface area contributed by atoms with Crippen molar-refractivity contribution in [3.63, 3.8) is 0 Å². The Kier molecular flexibility index (Phi) is 4.46. The largest absolute Gasteiger partial charge is 0.409 e. The Balaban J connectivity index is 2.55. The number of hydrogen-bond donors (Lipinski definition) is 3. The fourth-order valence-corrected chi connectivity index (χ4v) is 2.72. The molecule has 6 heteroatoms. The number of rotatable bonds is 3. The Bertz CT molecular complexity index is 286. The molecule has 16 heavy (non-hydrogen) atoms. The van der Waals surface area contributed by atoms with Gasteiger partial charge in [-0.15, -0.1) is 11.8 Å². The molecule has 1 fully saturated rings. The first kappa shape index (κ1) is 13.2. The summed E-state index contributed by atoms with van der Waals surface area (Å²) in [5.41, 5.74) is 4.71. The van der Waals surface area contributed by atoms with Gasteiger partial charge in [0.15, 0.2) is 5.84 Å². The van der Waals surface area contributed by atoms with Gasteiger partial charge in [-0.25, -0.2) is 0 Å². The van der Waals surface area contributed by atoms with Gasteiger partial charge in [-0.3, -0.25) is 4.79 Å². The molecule has 1 heterocycles. The van der Waals surface area contributed by atoms with E-state index in [2.05, 4.69) is 10.5 Å². The molecule has 92 valence electrons. The first-order valence-electron chi connectivity index (χ1n) is 5.39. The minimum Gasteiger partial charge on any atom is -0.409 e. The SMILES string of the molecule is CC(C)(NC(=O)C1CCCCS1)C(N)=NO. The average molecular weight is 245 g/mol. The lowest BCUT2D eigenvalue weighted by atomic mass is 10.0. The number of nitrogens with one attached hydrogen (secondary N) is 1. The van der Waals surface area contributed by atoms with Gasteiger partial charge in [0, 0.05) is 0 Å². The molecule has 5 nitrogen and oxygen atoms in total. The molecule has 1 atom stereocenters. The average Bonchev–Trinajstić information content (AvgIpc) is 2.28. The zero-order valence-electron chi connectivity index (χ0n) is 9.69. The molecule has 0 aromatic carbocycles. The second kappa shape index (κ2) is 5.43. The highest BCUT2D eigenvalue weighted by molar-refractivity contribution is 8.00. The summed E-state index contributed by atoms with van der Waals surface area (Å²) in [6.45, 7) is 3.43. The van der Waals surface area contributed by atoms with E-state index in [0.717, 1.165) is 18.6 Å². The van der Waals surface area contributed by atoms with Crippen LogP contribution in [0.4, 0.5) is 0 Å². The molecular formula is C10H19N3O2S. The van der Waals surface area contributed by atoms with Crippen molar-refractivity contribution >= 4 is 23.5 Å². The van der Waals surface area contributed by atoms with Crippen LogP contribution < -0.4 is 11.1 Å². The van der Waals surface area contributed by atoms with Crippen LogP contribution in [0.2, 0.25) is 0 Å². The highest BCUT2D eigenvalue weighted by atomic mass is 32.2. The van der Waals surface area contributed by atoms with Crippen LogP contribution in [0.15, 0.2) is 5.16 Å². The topological polar surface area (TPSA) is 87.7 Å². The van der Waals surface area contributed by atoms with Gasteiger partial charge < -0.3 is 16.3 Å². The van der Waals surface area contributed by atoms with E-state index in [1.165, 1.54) is 6.42 Å². The lowest BCUT2D eigenvalue weighted by molar-refractivity contribution is -0.121. The Morgan fingerprint density at radius 3 is 2.75 bits per heavy atom. The molecular weight excluding hydrogens is 226 g/mol. The maximum Gasteiger partial charge on any atom is 0.233 e. The van der Waals surface area contributed by atoms with Crippen molar-refractivity contribution in [2.45, 2.75) is 43.9 Å². The third-order valence-corrected chi connectivity index (χ3v) is 4.03. The van der Waals surface area contributed by atoms with E-state index in [9.17, 15) is 4.79 Å². The number of nitrogens with two attached hydrogens (primary N) is 1. The lowest BCUT2D eigenvalue weighted by Gasteiger charge is -2.28. The predicted molar refractivity (Wildman–Crippen MR) is 65.7 cm³/mol. The number of carbonyl (C=O) groups is 1. The van der Waals surface area contributed by atoms with Crippen LogP contribution in [0.3, 0.4) is 0 Å². The van der Waals surface area contributed by atoms with E-state index in [1.54, 1.807) is 25.6 Å². The molecule has 1 rings (SSSR count). The molecule has 1 unspecified atom stereocenters. The Labute approximate surface area is 99.8 Å². The Morgan fingerprint density at radius 2 is 2.25 bits per heavy atom. The quantitative estimate of drug-likeness (QED) is 0.298. The van der Waals surface area contributed by atoms with Crippen LogP contribution in [-0.4, -0.2) is 33.5 Å². The summed E-state index contributed by atoms with van der Waals surface area (Å²) in [7, 11) is 0. The van der Waals surface area contributed by atoms with Gasteiger partial charge in [-0.1, -0.05) is 11.6 Å². The molecule has 0 aromatic heterocycles. The van der Waals surface area contributed by atoms with Crippen LogP contribution in [0.25, 0.3) is 0 Å². The number of oxime groups is 1. The summed E-state index contributed by atoms with van der Waals surface area (Å²) in [6.07, 6.45) is 3.18. The maximum atomic E-state index is 11.9. The maximum absolute atomic E-state index is 11.9. The van der Waals surface area contributed by atoms with Gasteiger partial charge in [-0.2, -0.15) is 0 Å². The van der Waals surface area contributed by atoms with Crippen molar-refractivity contribution in [2.75, 3.05) is 5.75 Å². The molecule has 1 amide bonds. The minimum absolute atomic E-state index is 0.000446. The zero-order valence-corrected chi connectivity index (χ0v) is 10.5. The predicted octanol–water partition coefficient (Wildman–Crippen LogP) is 0.913. The van der Waals surface area contributed by atoms with Gasteiger partial charge in [-0.05, 0) is 32.4 Å². The molecule has 0 aliphatic carbocycles. The normalized spacial score (nSPS) is 22.9. The summed E-state index contributed by atoms with van der Waals surface area (Å²) >= 11 is 1.68. The van der Waals surface area contributed by atoms with Crippen molar-refractivity contribution in [2.24, 2.45) is 10.9 Å². The van der Waals surface area contributed by atoms with E-state index < -0.39 is 5.54 Å². The van der Waals surface area contributed by atoms with E-state index in [-0.39, 0.29) is 17.0 Å². The van der Waals surface area contributed by atoms with Gasteiger partial charge >= 0.3 is 0 Å². The van der Waals surface area contributed by atoms with Gasteiger partial charge in [0.25, 0.3) is 0 Å². The minimum atomic E-state index is -0.802. The molecule has 0 saturated carbocycles. The Hall–Kier alpha value is -0.910. The fraction of sp³-hybridized carbons (Fsp3) is 0.800. The van der Waals surface area contributed by atoms with Crippen molar-refractivity contribution in [1.29, 1.82) is 0 Å². The first-order valence-corrected chi connectivity index (χ1v) is 6.44. The third kappa shape index (κ3) is 3.30. The summed E-state index contributed by atoms with van der Waals surface area (Å²) in [4.78, 5) is 11.9. The standard InChI is InChI=1S/C10H19N3O2S/c1-10(2,9(11)13-15)12-8(14)7-5-3-4-6-16-7/h7,15H,3-6H2,1-2H3,(H2,11,13)(H,12,14). The summed E-state index contributed by atoms with van der Waals surface area (Å²) < 4.78 is 0. The summed E-state index contributed by atoms with van der Waals surface area (Å²) in [5, 5.41) is 14.3. The highest BCUT2D eigenvalue weighted by Gasteiger charge is 2.30. The van der Waals surface area contributed by atoms with E-state index in [1.807, 2.05) is 0 Å². The molecule has 1 saturated heterocycles. The van der Waals surface area contributed by atoms with Crippen molar-refractivity contribution < 1.29 is 10.0 Å². The van der Waals surface area contributed by atoms with E-state index >= 15 is 0 Å².